The Hall–Kier alpha value is -2.65. The lowest BCUT2D eigenvalue weighted by atomic mass is 10.1. The summed E-state index contributed by atoms with van der Waals surface area (Å²) in [6, 6.07) is 4.51. The van der Waals surface area contributed by atoms with Crippen molar-refractivity contribution in [3.05, 3.63) is 47.6 Å². The molecule has 2 heterocycles. The minimum absolute atomic E-state index is 0.0537. The Kier molecular flexibility index (Phi) is 3.90. The van der Waals surface area contributed by atoms with Crippen molar-refractivity contribution < 1.29 is 22.7 Å². The highest BCUT2D eigenvalue weighted by Crippen LogP contribution is 2.26. The number of carboxylic acids is 1. The van der Waals surface area contributed by atoms with Crippen LogP contribution >= 0.6 is 0 Å². The fraction of sp³-hybridized carbons (Fsp3) is 0.200. The van der Waals surface area contributed by atoms with Crippen molar-refractivity contribution in [2.24, 2.45) is 7.05 Å². The largest absolute Gasteiger partial charge is 0.478 e. The van der Waals surface area contributed by atoms with Crippen LogP contribution in [0.4, 0.5) is 0 Å². The molecular formula is C15H15N3O5S. The Morgan fingerprint density at radius 2 is 2.17 bits per heavy atom. The average molecular weight is 349 g/mol. The van der Waals surface area contributed by atoms with Gasteiger partial charge in [-0.1, -0.05) is 0 Å². The predicted molar refractivity (Wildman–Crippen MR) is 85.1 cm³/mol. The van der Waals surface area contributed by atoms with E-state index >= 15 is 0 Å². The van der Waals surface area contributed by atoms with Gasteiger partial charge in [0, 0.05) is 18.6 Å². The minimum Gasteiger partial charge on any atom is -0.478 e. The number of hydrogen-bond donors (Lipinski definition) is 2. The number of carboxylic acid groups (broad SMARTS) is 1. The van der Waals surface area contributed by atoms with Crippen LogP contribution in [0.15, 0.2) is 40.2 Å². The third-order valence-corrected chi connectivity index (χ3v) is 4.95. The monoisotopic (exact) mass is 349 g/mol. The Bertz CT molecular complexity index is 1030. The number of imidazole rings is 1. The summed E-state index contributed by atoms with van der Waals surface area (Å²) in [5.74, 6) is -0.609. The van der Waals surface area contributed by atoms with Gasteiger partial charge in [0.05, 0.1) is 18.4 Å². The highest BCUT2D eigenvalue weighted by molar-refractivity contribution is 7.89. The van der Waals surface area contributed by atoms with E-state index in [1.165, 1.54) is 29.2 Å². The van der Waals surface area contributed by atoms with Crippen molar-refractivity contribution >= 4 is 27.0 Å². The minimum atomic E-state index is -3.75. The van der Waals surface area contributed by atoms with Gasteiger partial charge in [0.2, 0.25) is 0 Å². The number of benzene rings is 1. The molecule has 0 aliphatic heterocycles. The van der Waals surface area contributed by atoms with E-state index in [-0.39, 0.29) is 17.1 Å². The summed E-state index contributed by atoms with van der Waals surface area (Å²) in [7, 11) is -2.07. The number of aryl methyl sites for hydroxylation is 2. The number of nitrogens with zero attached hydrogens (tertiary/aromatic N) is 2. The van der Waals surface area contributed by atoms with Crippen molar-refractivity contribution in [2.75, 3.05) is 0 Å². The van der Waals surface area contributed by atoms with Gasteiger partial charge in [-0.15, -0.1) is 0 Å². The predicted octanol–water partition coefficient (Wildman–Crippen LogP) is 1.65. The Labute approximate surface area is 137 Å². The third-order valence-electron chi connectivity index (χ3n) is 3.66. The van der Waals surface area contributed by atoms with Crippen LogP contribution in [0.3, 0.4) is 0 Å². The normalized spacial score (nSPS) is 11.9. The first kappa shape index (κ1) is 16.2. The van der Waals surface area contributed by atoms with Gasteiger partial charge in [0.25, 0.3) is 10.0 Å². The summed E-state index contributed by atoms with van der Waals surface area (Å²) in [5.41, 5.74) is 1.34. The lowest BCUT2D eigenvalue weighted by Gasteiger charge is -2.02. The number of hydrogen-bond acceptors (Lipinski definition) is 5. The summed E-state index contributed by atoms with van der Waals surface area (Å²) in [5, 5.41) is 9.61. The first-order valence-electron chi connectivity index (χ1n) is 7.01. The zero-order valence-electron chi connectivity index (χ0n) is 13.0. The zero-order valence-corrected chi connectivity index (χ0v) is 13.8. The molecule has 0 atom stereocenters. The highest BCUT2D eigenvalue weighted by atomic mass is 32.2. The van der Waals surface area contributed by atoms with Crippen LogP contribution in [0.25, 0.3) is 11.0 Å². The highest BCUT2D eigenvalue weighted by Gasteiger charge is 2.19. The molecule has 2 N–H and O–H groups in total. The molecule has 8 nitrogen and oxygen atoms in total. The summed E-state index contributed by atoms with van der Waals surface area (Å²) in [6.07, 6.45) is 2.79. The van der Waals surface area contributed by atoms with Crippen LogP contribution in [-0.2, 0) is 23.6 Å². The van der Waals surface area contributed by atoms with Crippen LogP contribution in [0, 0.1) is 6.92 Å². The fourth-order valence-electron chi connectivity index (χ4n) is 2.34. The van der Waals surface area contributed by atoms with Crippen LogP contribution in [-0.4, -0.2) is 29.0 Å². The molecule has 2 aromatic heterocycles. The van der Waals surface area contributed by atoms with E-state index in [1.54, 1.807) is 20.0 Å². The number of nitrogens with one attached hydrogen (secondary N) is 1. The molecule has 0 amide bonds. The summed E-state index contributed by atoms with van der Waals surface area (Å²) < 4.78 is 34.0. The number of sulfonamides is 1. The van der Waals surface area contributed by atoms with Crippen LogP contribution in [0.2, 0.25) is 0 Å². The molecule has 3 aromatic rings. The molecule has 0 spiro atoms. The number of rotatable bonds is 5. The second-order valence-corrected chi connectivity index (χ2v) is 7.08. The molecule has 9 heteroatoms. The standard InChI is InChI=1S/C15H15N3O5S/c1-9-11-5-10(15(19)20)3-4-12(11)23-13(9)6-17-24(21,22)14-7-18(2)8-16-14/h3-5,7-8,17H,6H2,1-2H3,(H,19,20). The van der Waals surface area contributed by atoms with E-state index in [1.807, 2.05) is 0 Å². The molecule has 0 fully saturated rings. The summed E-state index contributed by atoms with van der Waals surface area (Å²) >= 11 is 0. The Balaban J connectivity index is 1.88. The first-order valence-corrected chi connectivity index (χ1v) is 8.49. The SMILES string of the molecule is Cc1c(CNS(=O)(=O)c2cn(C)cn2)oc2ccc(C(=O)O)cc12. The maximum absolute atomic E-state index is 12.2. The van der Waals surface area contributed by atoms with Crippen molar-refractivity contribution in [3.8, 4) is 0 Å². The molecule has 1 aromatic carbocycles. The molecule has 126 valence electrons. The van der Waals surface area contributed by atoms with Crippen LogP contribution in [0.5, 0.6) is 0 Å². The Morgan fingerprint density at radius 1 is 1.42 bits per heavy atom. The van der Waals surface area contributed by atoms with Gasteiger partial charge in [0.1, 0.15) is 11.3 Å². The van der Waals surface area contributed by atoms with Gasteiger partial charge in [-0.25, -0.2) is 22.9 Å². The molecule has 0 unspecified atom stereocenters. The van der Waals surface area contributed by atoms with E-state index in [2.05, 4.69) is 9.71 Å². The summed E-state index contributed by atoms with van der Waals surface area (Å²) in [6.45, 7) is 1.70. The van der Waals surface area contributed by atoms with Crippen molar-refractivity contribution in [2.45, 2.75) is 18.5 Å². The van der Waals surface area contributed by atoms with Crippen molar-refractivity contribution in [1.29, 1.82) is 0 Å². The van der Waals surface area contributed by atoms with Gasteiger partial charge in [-0.2, -0.15) is 0 Å². The average Bonchev–Trinajstić information content (AvgIpc) is 3.10. The van der Waals surface area contributed by atoms with E-state index in [9.17, 15) is 13.2 Å². The van der Waals surface area contributed by atoms with Gasteiger partial charge in [-0.05, 0) is 30.7 Å². The number of carbonyl (C=O) groups is 1. The molecule has 0 aliphatic rings. The van der Waals surface area contributed by atoms with Gasteiger partial charge >= 0.3 is 5.97 Å². The van der Waals surface area contributed by atoms with E-state index in [0.29, 0.717) is 22.3 Å². The van der Waals surface area contributed by atoms with Crippen molar-refractivity contribution in [3.63, 3.8) is 0 Å². The maximum atomic E-state index is 12.2. The molecule has 0 radical (unpaired) electrons. The molecule has 0 aliphatic carbocycles. The number of aromatic nitrogens is 2. The van der Waals surface area contributed by atoms with Gasteiger partial charge in [0.15, 0.2) is 5.03 Å². The van der Waals surface area contributed by atoms with Gasteiger partial charge in [-0.3, -0.25) is 0 Å². The molecule has 0 bridgehead atoms. The lowest BCUT2D eigenvalue weighted by molar-refractivity contribution is 0.0697. The second kappa shape index (κ2) is 5.77. The number of fused-ring (bicyclic) bond motifs is 1. The molecule has 0 saturated heterocycles. The Morgan fingerprint density at radius 3 is 2.79 bits per heavy atom. The van der Waals surface area contributed by atoms with Crippen molar-refractivity contribution in [1.82, 2.24) is 14.3 Å². The van der Waals surface area contributed by atoms with Gasteiger partial charge < -0.3 is 14.1 Å². The van der Waals surface area contributed by atoms with Crippen LogP contribution < -0.4 is 4.72 Å². The maximum Gasteiger partial charge on any atom is 0.335 e. The second-order valence-electron chi connectivity index (χ2n) is 5.37. The smallest absolute Gasteiger partial charge is 0.335 e. The molecular weight excluding hydrogens is 334 g/mol. The summed E-state index contributed by atoms with van der Waals surface area (Å²) in [4.78, 5) is 14.9. The fourth-order valence-corrected chi connectivity index (χ4v) is 3.30. The van der Waals surface area contributed by atoms with Crippen LogP contribution in [0.1, 0.15) is 21.7 Å². The number of furan rings is 1. The van der Waals surface area contributed by atoms with E-state index < -0.39 is 16.0 Å². The lowest BCUT2D eigenvalue weighted by Crippen LogP contribution is -2.23. The zero-order chi connectivity index (χ0) is 17.5. The molecule has 3 rings (SSSR count). The van der Waals surface area contributed by atoms with E-state index in [0.717, 1.165) is 0 Å². The molecule has 24 heavy (non-hydrogen) atoms. The first-order chi connectivity index (χ1) is 11.3. The topological polar surface area (TPSA) is 114 Å². The molecule has 0 saturated carbocycles. The quantitative estimate of drug-likeness (QED) is 0.724. The third kappa shape index (κ3) is 2.91. The number of aromatic carboxylic acids is 1. The van der Waals surface area contributed by atoms with E-state index in [4.69, 9.17) is 9.52 Å².